The summed E-state index contributed by atoms with van der Waals surface area (Å²) in [5.74, 6) is 0.850. The van der Waals surface area contributed by atoms with Crippen LogP contribution in [0.1, 0.15) is 35.6 Å². The fourth-order valence-corrected chi connectivity index (χ4v) is 4.16. The lowest BCUT2D eigenvalue weighted by atomic mass is 9.84. The Morgan fingerprint density at radius 3 is 2.76 bits per heavy atom. The maximum Gasteiger partial charge on any atom is 0.252 e. The van der Waals surface area contributed by atoms with Crippen LogP contribution in [0, 0.1) is 25.7 Å². The zero-order chi connectivity index (χ0) is 15.4. The average Bonchev–Trinajstić information content (AvgIpc) is 2.90. The monoisotopic (exact) mass is 288 g/mol. The number of primary amides is 1. The highest BCUT2D eigenvalue weighted by molar-refractivity contribution is 6.00. The summed E-state index contributed by atoms with van der Waals surface area (Å²) in [7, 11) is 0. The van der Waals surface area contributed by atoms with E-state index >= 15 is 0 Å². The number of aryl methyl sites for hydroxylation is 2. The molecule has 1 aromatic heterocycles. The van der Waals surface area contributed by atoms with Crippen molar-refractivity contribution < 1.29 is 4.79 Å². The maximum atomic E-state index is 11.9. The van der Waals surface area contributed by atoms with Gasteiger partial charge >= 0.3 is 0 Å². The summed E-state index contributed by atoms with van der Waals surface area (Å²) in [6.07, 6.45) is 0. The molecule has 3 heterocycles. The molecular formula is C16H24N4O. The molecule has 114 valence electrons. The molecule has 2 saturated heterocycles. The maximum absolute atomic E-state index is 11.9. The molecule has 0 aromatic carbocycles. The van der Waals surface area contributed by atoms with Crippen LogP contribution in [0.25, 0.3) is 0 Å². The number of carbonyl (C=O) groups is 1. The molecule has 21 heavy (non-hydrogen) atoms. The number of nitrogens with two attached hydrogens (primary N) is 1. The number of rotatable bonds is 2. The second-order valence-electron chi connectivity index (χ2n) is 6.90. The highest BCUT2D eigenvalue weighted by atomic mass is 16.1. The number of nitrogens with one attached hydrogen (secondary N) is 1. The van der Waals surface area contributed by atoms with Gasteiger partial charge in [-0.15, -0.1) is 0 Å². The van der Waals surface area contributed by atoms with Gasteiger partial charge in [-0.1, -0.05) is 0 Å². The van der Waals surface area contributed by atoms with E-state index < -0.39 is 0 Å². The van der Waals surface area contributed by atoms with E-state index in [1.54, 1.807) is 0 Å². The first-order chi connectivity index (χ1) is 9.82. The van der Waals surface area contributed by atoms with Gasteiger partial charge in [0.1, 0.15) is 0 Å². The largest absolute Gasteiger partial charge is 0.365 e. The highest BCUT2D eigenvalue weighted by Crippen LogP contribution is 2.44. The van der Waals surface area contributed by atoms with Crippen molar-refractivity contribution in [3.63, 3.8) is 0 Å². The Balaban J connectivity index is 2.11. The first kappa shape index (κ1) is 14.3. The second kappa shape index (κ2) is 4.70. The summed E-state index contributed by atoms with van der Waals surface area (Å²) in [5, 5.41) is 3.48. The quantitative estimate of drug-likeness (QED) is 0.858. The number of pyridine rings is 1. The summed E-state index contributed by atoms with van der Waals surface area (Å²) in [4.78, 5) is 18.7. The van der Waals surface area contributed by atoms with Crippen molar-refractivity contribution in [1.82, 2.24) is 10.3 Å². The Hall–Kier alpha value is -1.62. The minimum atomic E-state index is -0.388. The lowest BCUT2D eigenvalue weighted by Crippen LogP contribution is -2.45. The Kier molecular flexibility index (Phi) is 3.20. The molecule has 2 aliphatic rings. The predicted molar refractivity (Wildman–Crippen MR) is 83.5 cm³/mol. The van der Waals surface area contributed by atoms with E-state index in [-0.39, 0.29) is 11.4 Å². The third-order valence-corrected chi connectivity index (χ3v) is 5.20. The van der Waals surface area contributed by atoms with Gasteiger partial charge in [0.05, 0.1) is 16.9 Å². The first-order valence-electron chi connectivity index (χ1n) is 7.58. The highest BCUT2D eigenvalue weighted by Gasteiger charge is 2.50. The molecular weight excluding hydrogens is 264 g/mol. The third kappa shape index (κ3) is 2.11. The van der Waals surface area contributed by atoms with Crippen LogP contribution in [0.4, 0.5) is 5.69 Å². The smallest absolute Gasteiger partial charge is 0.252 e. The van der Waals surface area contributed by atoms with Gasteiger partial charge < -0.3 is 16.0 Å². The van der Waals surface area contributed by atoms with Crippen molar-refractivity contribution in [2.75, 3.05) is 24.5 Å². The number of hydrogen-bond acceptors (Lipinski definition) is 4. The number of fused-ring (bicyclic) bond motifs is 1. The van der Waals surface area contributed by atoms with Crippen molar-refractivity contribution in [3.8, 4) is 0 Å². The molecule has 5 nitrogen and oxygen atoms in total. The Bertz CT molecular complexity index is 596. The van der Waals surface area contributed by atoms with Crippen molar-refractivity contribution >= 4 is 11.6 Å². The molecule has 3 N–H and O–H groups in total. The van der Waals surface area contributed by atoms with Gasteiger partial charge in [-0.2, -0.15) is 0 Å². The van der Waals surface area contributed by atoms with Gasteiger partial charge in [-0.3, -0.25) is 9.78 Å². The number of hydrogen-bond donors (Lipinski definition) is 2. The Morgan fingerprint density at radius 1 is 1.43 bits per heavy atom. The van der Waals surface area contributed by atoms with Crippen molar-refractivity contribution in [2.24, 2.45) is 17.6 Å². The summed E-state index contributed by atoms with van der Waals surface area (Å²) in [6.45, 7) is 11.4. The molecule has 1 amide bonds. The van der Waals surface area contributed by atoms with Gasteiger partial charge in [-0.05, 0) is 45.6 Å². The predicted octanol–water partition coefficient (Wildman–Crippen LogP) is 1.23. The zero-order valence-electron chi connectivity index (χ0n) is 13.2. The summed E-state index contributed by atoms with van der Waals surface area (Å²) in [5.41, 5.74) is 8.81. The Labute approximate surface area is 125 Å². The number of carbonyl (C=O) groups excluding carboxylic acids is 1. The van der Waals surface area contributed by atoms with E-state index in [1.165, 1.54) is 0 Å². The molecule has 2 fully saturated rings. The van der Waals surface area contributed by atoms with Crippen LogP contribution in [-0.4, -0.2) is 36.1 Å². The number of aromatic nitrogens is 1. The average molecular weight is 288 g/mol. The lowest BCUT2D eigenvalue weighted by Gasteiger charge is -2.38. The molecule has 0 saturated carbocycles. The van der Waals surface area contributed by atoms with E-state index in [1.807, 2.05) is 19.9 Å². The molecule has 3 rings (SSSR count). The van der Waals surface area contributed by atoms with E-state index in [4.69, 9.17) is 5.73 Å². The molecule has 5 heteroatoms. The first-order valence-corrected chi connectivity index (χ1v) is 7.58. The van der Waals surface area contributed by atoms with Crippen LogP contribution in [0.5, 0.6) is 0 Å². The molecule has 0 bridgehead atoms. The fourth-order valence-electron chi connectivity index (χ4n) is 4.16. The van der Waals surface area contributed by atoms with Crippen LogP contribution in [0.15, 0.2) is 6.07 Å². The molecule has 2 unspecified atom stereocenters. The molecule has 0 aliphatic carbocycles. The van der Waals surface area contributed by atoms with Crippen molar-refractivity contribution in [1.29, 1.82) is 0 Å². The van der Waals surface area contributed by atoms with Crippen LogP contribution >= 0.6 is 0 Å². The second-order valence-corrected chi connectivity index (χ2v) is 6.90. The van der Waals surface area contributed by atoms with Crippen molar-refractivity contribution in [3.05, 3.63) is 23.0 Å². The van der Waals surface area contributed by atoms with Crippen LogP contribution in [0.3, 0.4) is 0 Å². The normalized spacial score (nSPS) is 27.0. The number of amides is 1. The number of nitrogens with zero attached hydrogens (tertiary/aromatic N) is 2. The molecule has 2 aliphatic heterocycles. The van der Waals surface area contributed by atoms with E-state index in [0.717, 1.165) is 36.7 Å². The van der Waals surface area contributed by atoms with Gasteiger partial charge in [-0.25, -0.2) is 0 Å². The van der Waals surface area contributed by atoms with Gasteiger partial charge in [0, 0.05) is 30.9 Å². The summed E-state index contributed by atoms with van der Waals surface area (Å²) < 4.78 is 0. The minimum absolute atomic E-state index is 0.0125. The molecule has 0 radical (unpaired) electrons. The van der Waals surface area contributed by atoms with Crippen molar-refractivity contribution in [2.45, 2.75) is 33.2 Å². The molecule has 1 aromatic rings. The van der Waals surface area contributed by atoms with Crippen LogP contribution in [-0.2, 0) is 0 Å². The van der Waals surface area contributed by atoms with Gasteiger partial charge in [0.25, 0.3) is 5.91 Å². The SMILES string of the molecule is Cc1cc(N2CC3CNCC3C2(C)C)c(C(N)=O)c(C)n1. The standard InChI is InChI=1S/C16H24N4O/c1-9-5-13(14(15(17)21)10(2)19-9)20-8-11-6-18-7-12(11)16(20,3)4/h5,11-12,18H,6-8H2,1-4H3,(H2,17,21). The minimum Gasteiger partial charge on any atom is -0.365 e. The van der Waals surface area contributed by atoms with Crippen LogP contribution in [0.2, 0.25) is 0 Å². The van der Waals surface area contributed by atoms with E-state index in [0.29, 0.717) is 17.4 Å². The Morgan fingerprint density at radius 2 is 2.14 bits per heavy atom. The van der Waals surface area contributed by atoms with Gasteiger partial charge in [0.15, 0.2) is 0 Å². The summed E-state index contributed by atoms with van der Waals surface area (Å²) in [6, 6.07) is 2.00. The topological polar surface area (TPSA) is 71.2 Å². The van der Waals surface area contributed by atoms with Crippen LogP contribution < -0.4 is 16.0 Å². The fraction of sp³-hybridized carbons (Fsp3) is 0.625. The van der Waals surface area contributed by atoms with Gasteiger partial charge in [0.2, 0.25) is 0 Å². The summed E-state index contributed by atoms with van der Waals surface area (Å²) >= 11 is 0. The molecule has 2 atom stereocenters. The van der Waals surface area contributed by atoms with E-state index in [9.17, 15) is 4.79 Å². The third-order valence-electron chi connectivity index (χ3n) is 5.20. The molecule has 0 spiro atoms. The van der Waals surface area contributed by atoms with E-state index in [2.05, 4.69) is 29.0 Å². The zero-order valence-corrected chi connectivity index (χ0v) is 13.2. The number of anilines is 1. The lowest BCUT2D eigenvalue weighted by molar-refractivity contribution is 0.0999.